The monoisotopic (exact) mass is 482 g/mol. The molecule has 6 heteroatoms. The van der Waals surface area contributed by atoms with Crippen LogP contribution in [0.15, 0.2) is 66.7 Å². The standard InChI is InChI=1S/C28H38O5Si/c1-27(2,3)34(6,7)33-21-20-28(25(29)31-4,26(30)32-5)24(23-16-12-9-13-17-23)19-18-22-14-10-8-11-15-22/h8-19,24H,20-21H2,1-7H3/b19-18+/t24-/m1/s1. The second kappa shape index (κ2) is 11.6. The summed E-state index contributed by atoms with van der Waals surface area (Å²) in [4.78, 5) is 26.8. The molecule has 1 atom stereocenters. The fourth-order valence-corrected chi connectivity index (χ4v) is 4.78. The van der Waals surface area contributed by atoms with Crippen LogP contribution in [0.1, 0.15) is 44.2 Å². The zero-order valence-electron chi connectivity index (χ0n) is 21.5. The Morgan fingerprint density at radius 3 is 1.85 bits per heavy atom. The van der Waals surface area contributed by atoms with E-state index in [9.17, 15) is 9.59 Å². The Kier molecular flexibility index (Phi) is 9.42. The number of ether oxygens (including phenoxy) is 2. The van der Waals surface area contributed by atoms with E-state index in [0.717, 1.165) is 11.1 Å². The lowest BCUT2D eigenvalue weighted by atomic mass is 9.69. The number of carbonyl (C=O) groups is 2. The molecule has 0 aliphatic rings. The lowest BCUT2D eigenvalue weighted by molar-refractivity contribution is -0.171. The first-order valence-corrected chi connectivity index (χ1v) is 14.5. The van der Waals surface area contributed by atoms with Crippen LogP contribution < -0.4 is 0 Å². The van der Waals surface area contributed by atoms with Gasteiger partial charge >= 0.3 is 11.9 Å². The van der Waals surface area contributed by atoms with Gasteiger partial charge in [0.05, 0.1) is 14.2 Å². The maximum absolute atomic E-state index is 13.4. The van der Waals surface area contributed by atoms with E-state index in [0.29, 0.717) is 0 Å². The SMILES string of the molecule is COC(=O)C(CCO[Si](C)(C)C(C)(C)C)(C(=O)OC)[C@H](/C=C/c1ccccc1)c1ccccc1. The highest BCUT2D eigenvalue weighted by Crippen LogP contribution is 2.44. The second-order valence-electron chi connectivity index (χ2n) is 9.97. The van der Waals surface area contributed by atoms with Crippen LogP contribution in [0.2, 0.25) is 18.1 Å². The van der Waals surface area contributed by atoms with E-state index in [4.69, 9.17) is 13.9 Å². The van der Waals surface area contributed by atoms with Crippen molar-refractivity contribution in [1.29, 1.82) is 0 Å². The Morgan fingerprint density at radius 2 is 1.38 bits per heavy atom. The second-order valence-corrected chi connectivity index (χ2v) is 14.8. The van der Waals surface area contributed by atoms with Crippen LogP contribution in [0.3, 0.4) is 0 Å². The van der Waals surface area contributed by atoms with Crippen molar-refractivity contribution in [3.63, 3.8) is 0 Å². The molecule has 0 aliphatic carbocycles. The quantitative estimate of drug-likeness (QED) is 0.228. The molecule has 0 spiro atoms. The molecular weight excluding hydrogens is 444 g/mol. The molecule has 0 bridgehead atoms. The summed E-state index contributed by atoms with van der Waals surface area (Å²) >= 11 is 0. The summed E-state index contributed by atoms with van der Waals surface area (Å²) in [5.74, 6) is -1.88. The van der Waals surface area contributed by atoms with E-state index in [-0.39, 0.29) is 18.1 Å². The summed E-state index contributed by atoms with van der Waals surface area (Å²) in [6.07, 6.45) is 3.95. The molecule has 2 aromatic carbocycles. The van der Waals surface area contributed by atoms with E-state index in [1.165, 1.54) is 14.2 Å². The molecule has 0 unspecified atom stereocenters. The van der Waals surface area contributed by atoms with Gasteiger partial charge in [0.2, 0.25) is 0 Å². The number of rotatable bonds is 10. The summed E-state index contributed by atoms with van der Waals surface area (Å²) in [6, 6.07) is 19.3. The van der Waals surface area contributed by atoms with Crippen LogP contribution in [0.5, 0.6) is 0 Å². The van der Waals surface area contributed by atoms with Gasteiger partial charge in [-0.15, -0.1) is 0 Å². The fraction of sp³-hybridized carbons (Fsp3) is 0.429. The minimum absolute atomic E-state index is 0.00175. The molecule has 5 nitrogen and oxygen atoms in total. The highest BCUT2D eigenvalue weighted by molar-refractivity contribution is 6.74. The van der Waals surface area contributed by atoms with E-state index < -0.39 is 31.6 Å². The number of carbonyl (C=O) groups excluding carboxylic acids is 2. The minimum atomic E-state index is -2.10. The molecule has 34 heavy (non-hydrogen) atoms. The predicted octanol–water partition coefficient (Wildman–Crippen LogP) is 6.23. The van der Waals surface area contributed by atoms with Gasteiger partial charge in [-0.1, -0.05) is 93.6 Å². The maximum atomic E-state index is 13.4. The molecule has 0 saturated carbocycles. The minimum Gasteiger partial charge on any atom is -0.468 e. The fourth-order valence-electron chi connectivity index (χ4n) is 3.74. The van der Waals surface area contributed by atoms with Gasteiger partial charge in [-0.3, -0.25) is 9.59 Å². The van der Waals surface area contributed by atoms with Crippen LogP contribution in [-0.4, -0.2) is 41.1 Å². The zero-order chi connectivity index (χ0) is 25.4. The maximum Gasteiger partial charge on any atom is 0.324 e. The Labute approximate surface area is 205 Å². The lowest BCUT2D eigenvalue weighted by Crippen LogP contribution is -2.48. The van der Waals surface area contributed by atoms with Crippen molar-refractivity contribution in [1.82, 2.24) is 0 Å². The number of allylic oxidation sites excluding steroid dienone is 1. The van der Waals surface area contributed by atoms with Crippen molar-refractivity contribution in [2.45, 2.75) is 51.2 Å². The van der Waals surface area contributed by atoms with Crippen LogP contribution in [0.25, 0.3) is 6.08 Å². The Bertz CT molecular complexity index is 945. The van der Waals surface area contributed by atoms with Crippen LogP contribution >= 0.6 is 0 Å². The van der Waals surface area contributed by atoms with Crippen LogP contribution in [0, 0.1) is 5.41 Å². The number of esters is 2. The predicted molar refractivity (Wildman–Crippen MR) is 139 cm³/mol. The molecule has 0 heterocycles. The number of hydrogen-bond donors (Lipinski definition) is 0. The Balaban J connectivity index is 2.59. The molecule has 2 rings (SSSR count). The van der Waals surface area contributed by atoms with Gasteiger partial charge in [0.15, 0.2) is 13.7 Å². The smallest absolute Gasteiger partial charge is 0.324 e. The average Bonchev–Trinajstić information content (AvgIpc) is 2.82. The summed E-state index contributed by atoms with van der Waals surface area (Å²) < 4.78 is 16.8. The number of methoxy groups -OCH3 is 2. The number of hydrogen-bond acceptors (Lipinski definition) is 5. The Hall–Kier alpha value is -2.70. The van der Waals surface area contributed by atoms with Crippen molar-refractivity contribution in [2.24, 2.45) is 5.41 Å². The molecule has 0 radical (unpaired) electrons. The largest absolute Gasteiger partial charge is 0.468 e. The molecule has 0 N–H and O–H groups in total. The zero-order valence-corrected chi connectivity index (χ0v) is 22.5. The Morgan fingerprint density at radius 1 is 0.882 bits per heavy atom. The van der Waals surface area contributed by atoms with Gasteiger partial charge in [-0.2, -0.15) is 0 Å². The van der Waals surface area contributed by atoms with Crippen molar-refractivity contribution >= 4 is 26.3 Å². The van der Waals surface area contributed by atoms with Gasteiger partial charge in [0.1, 0.15) is 0 Å². The molecule has 0 fully saturated rings. The van der Waals surface area contributed by atoms with Gasteiger partial charge in [-0.05, 0) is 35.7 Å². The van der Waals surface area contributed by atoms with Crippen molar-refractivity contribution in [3.05, 3.63) is 77.9 Å². The number of benzene rings is 2. The van der Waals surface area contributed by atoms with Crippen LogP contribution in [-0.2, 0) is 23.5 Å². The van der Waals surface area contributed by atoms with Crippen molar-refractivity contribution in [2.75, 3.05) is 20.8 Å². The summed E-state index contributed by atoms with van der Waals surface area (Å²) in [6.45, 7) is 11.0. The third kappa shape index (κ3) is 6.24. The first-order chi connectivity index (χ1) is 16.0. The van der Waals surface area contributed by atoms with Gasteiger partial charge < -0.3 is 13.9 Å². The normalized spacial score (nSPS) is 13.5. The highest BCUT2D eigenvalue weighted by Gasteiger charge is 2.54. The molecular formula is C28H38O5Si. The first kappa shape index (κ1) is 27.5. The molecule has 2 aromatic rings. The van der Waals surface area contributed by atoms with E-state index >= 15 is 0 Å². The van der Waals surface area contributed by atoms with E-state index in [1.807, 2.05) is 72.8 Å². The van der Waals surface area contributed by atoms with E-state index in [1.54, 1.807) is 0 Å². The van der Waals surface area contributed by atoms with Crippen molar-refractivity contribution in [3.8, 4) is 0 Å². The highest BCUT2D eigenvalue weighted by atomic mass is 28.4. The molecule has 0 aliphatic heterocycles. The van der Waals surface area contributed by atoms with Crippen molar-refractivity contribution < 1.29 is 23.5 Å². The molecule has 0 amide bonds. The summed E-state index contributed by atoms with van der Waals surface area (Å²) in [7, 11) is 0.504. The van der Waals surface area contributed by atoms with Crippen LogP contribution in [0.4, 0.5) is 0 Å². The molecule has 0 saturated heterocycles. The summed E-state index contributed by atoms with van der Waals surface area (Å²) in [5.41, 5.74) is 0.181. The van der Waals surface area contributed by atoms with Gasteiger partial charge in [0, 0.05) is 12.5 Å². The summed E-state index contributed by atoms with van der Waals surface area (Å²) in [5, 5.41) is -0.00175. The lowest BCUT2D eigenvalue weighted by Gasteiger charge is -2.39. The van der Waals surface area contributed by atoms with Gasteiger partial charge in [-0.25, -0.2) is 0 Å². The third-order valence-electron chi connectivity index (χ3n) is 6.84. The topological polar surface area (TPSA) is 61.8 Å². The third-order valence-corrected chi connectivity index (χ3v) is 11.4. The van der Waals surface area contributed by atoms with E-state index in [2.05, 4.69) is 33.9 Å². The molecule has 184 valence electrons. The average molecular weight is 483 g/mol. The van der Waals surface area contributed by atoms with Gasteiger partial charge in [0.25, 0.3) is 0 Å². The molecule has 0 aromatic heterocycles. The first-order valence-electron chi connectivity index (χ1n) is 11.6.